The van der Waals surface area contributed by atoms with Crippen LogP contribution in [0.15, 0.2) is 42.5 Å². The maximum Gasteiger partial charge on any atom is 0.269 e. The number of amides is 2. The minimum absolute atomic E-state index is 0.0843. The number of non-ortho nitro benzene ring substituents is 1. The lowest BCUT2D eigenvalue weighted by Crippen LogP contribution is -2.31. The Morgan fingerprint density at radius 3 is 2.14 bits per heavy atom. The zero-order valence-corrected chi connectivity index (χ0v) is 16.4. The molecule has 0 radical (unpaired) electrons. The van der Waals surface area contributed by atoms with Gasteiger partial charge < -0.3 is 15.1 Å². The second kappa shape index (κ2) is 8.98. The van der Waals surface area contributed by atoms with Crippen LogP contribution in [-0.4, -0.2) is 48.8 Å². The number of carbonyl (C=O) groups is 2. The smallest absolute Gasteiger partial charge is 0.269 e. The summed E-state index contributed by atoms with van der Waals surface area (Å²) in [7, 11) is 3.70. The fourth-order valence-corrected chi connectivity index (χ4v) is 2.79. The van der Waals surface area contributed by atoms with Crippen molar-refractivity contribution in [1.29, 1.82) is 0 Å². The molecule has 0 aliphatic rings. The van der Waals surface area contributed by atoms with Crippen LogP contribution in [0.1, 0.15) is 34.6 Å². The summed E-state index contributed by atoms with van der Waals surface area (Å²) in [6.45, 7) is 5.00. The molecule has 0 aliphatic carbocycles. The standard InChI is InChI=1S/C20H24N4O4/c1-5-23(6-2)20(26)17-13-15(9-12-18(17)22(3)4)21-19(25)14-7-10-16(11-8-14)24(27)28/h7-13H,5-6H2,1-4H3,(H,21,25). The number of nitro groups is 1. The van der Waals surface area contributed by atoms with Gasteiger partial charge in [-0.15, -0.1) is 0 Å². The summed E-state index contributed by atoms with van der Waals surface area (Å²) in [5.41, 5.74) is 1.93. The van der Waals surface area contributed by atoms with Gasteiger partial charge in [-0.3, -0.25) is 19.7 Å². The van der Waals surface area contributed by atoms with Crippen LogP contribution in [0.5, 0.6) is 0 Å². The zero-order chi connectivity index (χ0) is 20.8. The number of anilines is 2. The van der Waals surface area contributed by atoms with E-state index in [1.165, 1.54) is 24.3 Å². The summed E-state index contributed by atoms with van der Waals surface area (Å²) < 4.78 is 0. The number of hydrogen-bond donors (Lipinski definition) is 1. The highest BCUT2D eigenvalue weighted by atomic mass is 16.6. The van der Waals surface area contributed by atoms with Crippen LogP contribution in [0.25, 0.3) is 0 Å². The first-order valence-electron chi connectivity index (χ1n) is 8.94. The van der Waals surface area contributed by atoms with Gasteiger partial charge >= 0.3 is 0 Å². The van der Waals surface area contributed by atoms with Crippen molar-refractivity contribution in [2.24, 2.45) is 0 Å². The fourth-order valence-electron chi connectivity index (χ4n) is 2.79. The Labute approximate surface area is 163 Å². The van der Waals surface area contributed by atoms with Gasteiger partial charge in [0.05, 0.1) is 10.5 Å². The van der Waals surface area contributed by atoms with Gasteiger partial charge in [-0.05, 0) is 44.2 Å². The molecule has 148 valence electrons. The van der Waals surface area contributed by atoms with E-state index in [2.05, 4.69) is 5.32 Å². The Morgan fingerprint density at radius 2 is 1.64 bits per heavy atom. The van der Waals surface area contributed by atoms with Crippen molar-refractivity contribution in [3.05, 3.63) is 63.7 Å². The van der Waals surface area contributed by atoms with Crippen molar-refractivity contribution in [2.45, 2.75) is 13.8 Å². The molecule has 0 aliphatic heterocycles. The molecule has 2 aromatic rings. The van der Waals surface area contributed by atoms with Crippen LogP contribution >= 0.6 is 0 Å². The van der Waals surface area contributed by atoms with Gasteiger partial charge in [0.15, 0.2) is 0 Å². The van der Waals surface area contributed by atoms with Gasteiger partial charge in [0.2, 0.25) is 0 Å². The molecule has 0 heterocycles. The lowest BCUT2D eigenvalue weighted by Gasteiger charge is -2.23. The minimum Gasteiger partial charge on any atom is -0.377 e. The van der Waals surface area contributed by atoms with Crippen molar-refractivity contribution >= 4 is 28.9 Å². The Bertz CT molecular complexity index is 874. The Morgan fingerprint density at radius 1 is 1.04 bits per heavy atom. The van der Waals surface area contributed by atoms with Crippen LogP contribution < -0.4 is 10.2 Å². The molecule has 1 N–H and O–H groups in total. The molecule has 0 aromatic heterocycles. The van der Waals surface area contributed by atoms with E-state index in [1.54, 1.807) is 23.1 Å². The number of nitro benzene ring substituents is 1. The molecule has 8 nitrogen and oxygen atoms in total. The summed E-state index contributed by atoms with van der Waals surface area (Å²) in [5.74, 6) is -0.520. The van der Waals surface area contributed by atoms with Crippen molar-refractivity contribution in [1.82, 2.24) is 4.90 Å². The maximum absolute atomic E-state index is 12.9. The molecule has 0 fully saturated rings. The first kappa shape index (κ1) is 20.9. The Hall–Kier alpha value is -3.42. The monoisotopic (exact) mass is 384 g/mol. The minimum atomic E-state index is -0.521. The fraction of sp³-hybridized carbons (Fsp3) is 0.300. The zero-order valence-electron chi connectivity index (χ0n) is 16.4. The van der Waals surface area contributed by atoms with Gasteiger partial charge in [0.25, 0.3) is 17.5 Å². The van der Waals surface area contributed by atoms with Crippen molar-refractivity contribution < 1.29 is 14.5 Å². The molecule has 0 saturated carbocycles. The van der Waals surface area contributed by atoms with Gasteiger partial charge in [0, 0.05) is 56.3 Å². The van der Waals surface area contributed by atoms with Crippen LogP contribution in [0, 0.1) is 10.1 Å². The molecule has 28 heavy (non-hydrogen) atoms. The molecular formula is C20H24N4O4. The SMILES string of the molecule is CCN(CC)C(=O)c1cc(NC(=O)c2ccc([N+](=O)[O-])cc2)ccc1N(C)C. The normalized spacial score (nSPS) is 10.3. The van der Waals surface area contributed by atoms with Gasteiger partial charge in [0.1, 0.15) is 0 Å². The summed E-state index contributed by atoms with van der Waals surface area (Å²) in [4.78, 5) is 39.1. The average Bonchev–Trinajstić information content (AvgIpc) is 2.68. The molecule has 2 rings (SSSR count). The van der Waals surface area contributed by atoms with E-state index >= 15 is 0 Å². The Kier molecular flexibility index (Phi) is 6.70. The van der Waals surface area contributed by atoms with E-state index in [-0.39, 0.29) is 11.6 Å². The molecule has 0 bridgehead atoms. The summed E-state index contributed by atoms with van der Waals surface area (Å²) in [5, 5.41) is 13.5. The average molecular weight is 384 g/mol. The maximum atomic E-state index is 12.9. The second-order valence-corrected chi connectivity index (χ2v) is 6.36. The molecule has 8 heteroatoms. The van der Waals surface area contributed by atoms with Gasteiger partial charge in [-0.25, -0.2) is 0 Å². The highest BCUT2D eigenvalue weighted by molar-refractivity contribution is 6.06. The van der Waals surface area contributed by atoms with Gasteiger partial charge in [-0.1, -0.05) is 0 Å². The number of hydrogen-bond acceptors (Lipinski definition) is 5. The van der Waals surface area contributed by atoms with Crippen LogP contribution in [0.4, 0.5) is 17.1 Å². The topological polar surface area (TPSA) is 95.8 Å². The van der Waals surface area contributed by atoms with E-state index in [0.717, 1.165) is 5.69 Å². The van der Waals surface area contributed by atoms with Gasteiger partial charge in [-0.2, -0.15) is 0 Å². The number of nitrogens with one attached hydrogen (secondary N) is 1. The molecule has 0 spiro atoms. The third-order valence-corrected chi connectivity index (χ3v) is 4.36. The van der Waals surface area contributed by atoms with E-state index in [9.17, 15) is 19.7 Å². The first-order chi connectivity index (χ1) is 13.3. The van der Waals surface area contributed by atoms with Crippen LogP contribution in [0.3, 0.4) is 0 Å². The van der Waals surface area contributed by atoms with E-state index in [1.807, 2.05) is 32.8 Å². The van der Waals surface area contributed by atoms with Crippen LogP contribution in [0.2, 0.25) is 0 Å². The lowest BCUT2D eigenvalue weighted by atomic mass is 10.1. The first-order valence-corrected chi connectivity index (χ1v) is 8.94. The summed E-state index contributed by atoms with van der Waals surface area (Å²) in [6, 6.07) is 10.5. The molecular weight excluding hydrogens is 360 g/mol. The van der Waals surface area contributed by atoms with E-state index < -0.39 is 10.8 Å². The Balaban J connectivity index is 2.30. The van der Waals surface area contributed by atoms with E-state index in [4.69, 9.17) is 0 Å². The van der Waals surface area contributed by atoms with Crippen molar-refractivity contribution in [3.63, 3.8) is 0 Å². The van der Waals surface area contributed by atoms with Crippen molar-refractivity contribution in [2.75, 3.05) is 37.4 Å². The van der Waals surface area contributed by atoms with Crippen LogP contribution in [-0.2, 0) is 0 Å². The summed E-state index contributed by atoms with van der Waals surface area (Å²) >= 11 is 0. The molecule has 0 unspecified atom stereocenters. The largest absolute Gasteiger partial charge is 0.377 e. The molecule has 2 amide bonds. The second-order valence-electron chi connectivity index (χ2n) is 6.36. The van der Waals surface area contributed by atoms with Crippen molar-refractivity contribution in [3.8, 4) is 0 Å². The number of benzene rings is 2. The number of rotatable bonds is 7. The predicted molar refractivity (Wildman–Crippen MR) is 109 cm³/mol. The van der Waals surface area contributed by atoms with E-state index in [0.29, 0.717) is 29.9 Å². The lowest BCUT2D eigenvalue weighted by molar-refractivity contribution is -0.384. The third kappa shape index (κ3) is 4.64. The number of nitrogens with zero attached hydrogens (tertiary/aromatic N) is 3. The number of carbonyl (C=O) groups excluding carboxylic acids is 2. The molecule has 2 aromatic carbocycles. The third-order valence-electron chi connectivity index (χ3n) is 4.36. The predicted octanol–water partition coefficient (Wildman–Crippen LogP) is 3.40. The quantitative estimate of drug-likeness (QED) is 0.583. The molecule has 0 saturated heterocycles. The highest BCUT2D eigenvalue weighted by Gasteiger charge is 2.19. The summed E-state index contributed by atoms with van der Waals surface area (Å²) in [6.07, 6.45) is 0. The highest BCUT2D eigenvalue weighted by Crippen LogP contribution is 2.25. The molecule has 0 atom stereocenters.